The average molecular weight is 515 g/mol. The van der Waals surface area contributed by atoms with Crippen LogP contribution in [-0.2, 0) is 9.53 Å². The lowest BCUT2D eigenvalue weighted by Gasteiger charge is -2.18. The van der Waals surface area contributed by atoms with Crippen molar-refractivity contribution in [1.29, 1.82) is 0 Å². The van der Waals surface area contributed by atoms with E-state index < -0.39 is 23.0 Å². The lowest BCUT2D eigenvalue weighted by molar-refractivity contribution is -0.387. The van der Waals surface area contributed by atoms with E-state index in [1.54, 1.807) is 50.2 Å². The number of aromatic nitrogens is 2. The molecule has 0 radical (unpaired) electrons. The van der Waals surface area contributed by atoms with Crippen LogP contribution in [0.4, 0.5) is 10.5 Å². The van der Waals surface area contributed by atoms with Crippen molar-refractivity contribution in [2.45, 2.75) is 35.5 Å². The molecule has 2 amide bonds. The molecule has 1 heterocycles. The SMILES string of the molecule is CCOC(=O)N[C@H](CC(=O)N/N=C\c1ccc(Sc2nnc(C)s2)c([N+](=O)[O-])c1)c1ccccc1. The minimum absolute atomic E-state index is 0.0862. The number of aryl methyl sites for hydroxylation is 1. The number of benzene rings is 2. The van der Waals surface area contributed by atoms with E-state index in [1.807, 2.05) is 6.07 Å². The van der Waals surface area contributed by atoms with Gasteiger partial charge in [-0.15, -0.1) is 10.2 Å². The summed E-state index contributed by atoms with van der Waals surface area (Å²) in [5, 5.41) is 26.8. The van der Waals surface area contributed by atoms with Gasteiger partial charge >= 0.3 is 6.09 Å². The smallest absolute Gasteiger partial charge is 0.407 e. The Hall–Kier alpha value is -3.84. The van der Waals surface area contributed by atoms with E-state index in [4.69, 9.17) is 4.74 Å². The van der Waals surface area contributed by atoms with Gasteiger partial charge in [0.15, 0.2) is 4.34 Å². The number of hydrazone groups is 1. The van der Waals surface area contributed by atoms with E-state index in [2.05, 4.69) is 26.0 Å². The number of nitrogens with one attached hydrogen (secondary N) is 2. The number of amides is 2. The number of nitrogens with zero attached hydrogens (tertiary/aromatic N) is 4. The third-order valence-electron chi connectivity index (χ3n) is 4.45. The predicted molar refractivity (Wildman–Crippen MR) is 132 cm³/mol. The Kier molecular flexibility index (Phi) is 9.26. The molecule has 0 saturated carbocycles. The van der Waals surface area contributed by atoms with Gasteiger partial charge in [-0.05, 0) is 25.5 Å². The molecule has 11 nitrogen and oxygen atoms in total. The summed E-state index contributed by atoms with van der Waals surface area (Å²) < 4.78 is 5.52. The maximum Gasteiger partial charge on any atom is 0.407 e. The molecule has 0 bridgehead atoms. The molecule has 0 spiro atoms. The molecule has 35 heavy (non-hydrogen) atoms. The van der Waals surface area contributed by atoms with Crippen molar-refractivity contribution >= 4 is 47.0 Å². The number of rotatable bonds is 10. The monoisotopic (exact) mass is 514 g/mol. The summed E-state index contributed by atoms with van der Waals surface area (Å²) in [5.41, 5.74) is 3.44. The zero-order valence-electron chi connectivity index (χ0n) is 18.8. The molecule has 1 atom stereocenters. The summed E-state index contributed by atoms with van der Waals surface area (Å²) in [6, 6.07) is 13.0. The van der Waals surface area contributed by atoms with Crippen LogP contribution in [0.25, 0.3) is 0 Å². The van der Waals surface area contributed by atoms with Crippen molar-refractivity contribution in [3.63, 3.8) is 0 Å². The third kappa shape index (κ3) is 7.86. The van der Waals surface area contributed by atoms with Crippen LogP contribution in [0.5, 0.6) is 0 Å². The van der Waals surface area contributed by atoms with Gasteiger partial charge < -0.3 is 10.1 Å². The third-order valence-corrected chi connectivity index (χ3v) is 6.40. The first-order valence-corrected chi connectivity index (χ1v) is 12.1. The van der Waals surface area contributed by atoms with Gasteiger partial charge in [-0.2, -0.15) is 5.10 Å². The van der Waals surface area contributed by atoms with E-state index >= 15 is 0 Å². The standard InChI is InChI=1S/C22H22N6O5S2/c1-3-33-21(30)24-17(16-7-5-4-6-8-16)12-20(29)26-23-13-15-9-10-19(18(11-15)28(31)32)35-22-27-25-14(2)34-22/h4-11,13,17H,3,12H2,1-2H3,(H,24,30)(H,26,29)/b23-13-/t17-/m1/s1. The molecule has 3 aromatic rings. The summed E-state index contributed by atoms with van der Waals surface area (Å²) in [4.78, 5) is 35.8. The predicted octanol–water partition coefficient (Wildman–Crippen LogP) is 4.23. The largest absolute Gasteiger partial charge is 0.450 e. The Morgan fingerprint density at radius 2 is 2.03 bits per heavy atom. The van der Waals surface area contributed by atoms with E-state index in [-0.39, 0.29) is 18.7 Å². The maximum absolute atomic E-state index is 12.5. The molecule has 0 aliphatic heterocycles. The Labute approximate surface area is 209 Å². The molecule has 0 unspecified atom stereocenters. The van der Waals surface area contributed by atoms with Crippen LogP contribution < -0.4 is 10.7 Å². The first-order valence-electron chi connectivity index (χ1n) is 10.4. The molecular formula is C22H22N6O5S2. The first-order chi connectivity index (χ1) is 16.9. The Balaban J connectivity index is 1.65. The minimum Gasteiger partial charge on any atom is -0.450 e. The van der Waals surface area contributed by atoms with Gasteiger partial charge in [0.25, 0.3) is 5.69 Å². The highest BCUT2D eigenvalue weighted by atomic mass is 32.2. The molecule has 0 saturated heterocycles. The van der Waals surface area contributed by atoms with Crippen LogP contribution >= 0.6 is 23.1 Å². The second kappa shape index (κ2) is 12.6. The van der Waals surface area contributed by atoms with Gasteiger partial charge in [0, 0.05) is 11.6 Å². The highest BCUT2D eigenvalue weighted by molar-refractivity contribution is 8.01. The fourth-order valence-electron chi connectivity index (χ4n) is 2.92. The maximum atomic E-state index is 12.5. The molecule has 182 valence electrons. The number of carbonyl (C=O) groups excluding carboxylic acids is 2. The number of nitro benzene ring substituents is 1. The molecule has 13 heteroatoms. The molecule has 0 fully saturated rings. The van der Waals surface area contributed by atoms with Crippen molar-refractivity contribution in [3.05, 3.63) is 74.8 Å². The second-order valence-electron chi connectivity index (χ2n) is 7.00. The molecule has 1 aromatic heterocycles. The van der Waals surface area contributed by atoms with Crippen LogP contribution in [0, 0.1) is 17.0 Å². The molecule has 2 N–H and O–H groups in total. The van der Waals surface area contributed by atoms with Crippen molar-refractivity contribution in [2.75, 3.05) is 6.61 Å². The summed E-state index contributed by atoms with van der Waals surface area (Å²) in [6.45, 7) is 3.69. The van der Waals surface area contributed by atoms with Crippen LogP contribution in [0.3, 0.4) is 0 Å². The van der Waals surface area contributed by atoms with Crippen molar-refractivity contribution < 1.29 is 19.2 Å². The van der Waals surface area contributed by atoms with Crippen molar-refractivity contribution in [3.8, 4) is 0 Å². The summed E-state index contributed by atoms with van der Waals surface area (Å²) in [7, 11) is 0. The molecule has 0 aliphatic rings. The van der Waals surface area contributed by atoms with Gasteiger partial charge in [0.1, 0.15) is 5.01 Å². The number of hydrogen-bond acceptors (Lipinski definition) is 10. The van der Waals surface area contributed by atoms with E-state index in [0.29, 0.717) is 14.8 Å². The summed E-state index contributed by atoms with van der Waals surface area (Å²) in [6.07, 6.45) is 0.591. The zero-order chi connectivity index (χ0) is 25.2. The average Bonchev–Trinajstić information content (AvgIpc) is 3.24. The topological polar surface area (TPSA) is 149 Å². The van der Waals surface area contributed by atoms with Crippen LogP contribution in [0.15, 0.2) is 62.9 Å². The van der Waals surface area contributed by atoms with E-state index in [0.717, 1.165) is 22.3 Å². The highest BCUT2D eigenvalue weighted by Crippen LogP contribution is 2.36. The number of ether oxygens (including phenoxy) is 1. The number of nitro groups is 1. The highest BCUT2D eigenvalue weighted by Gasteiger charge is 2.19. The minimum atomic E-state index is -0.633. The summed E-state index contributed by atoms with van der Waals surface area (Å²) in [5.74, 6) is -0.458. The second-order valence-corrected chi connectivity index (χ2v) is 9.47. The number of carbonyl (C=O) groups is 2. The molecular weight excluding hydrogens is 492 g/mol. The van der Waals surface area contributed by atoms with E-state index in [9.17, 15) is 19.7 Å². The van der Waals surface area contributed by atoms with Gasteiger partial charge in [-0.3, -0.25) is 14.9 Å². The Morgan fingerprint density at radius 1 is 1.26 bits per heavy atom. The molecule has 2 aromatic carbocycles. The van der Waals surface area contributed by atoms with Gasteiger partial charge in [-0.25, -0.2) is 10.2 Å². The Morgan fingerprint density at radius 3 is 2.69 bits per heavy atom. The van der Waals surface area contributed by atoms with Gasteiger partial charge in [-0.1, -0.05) is 59.5 Å². The van der Waals surface area contributed by atoms with Crippen molar-refractivity contribution in [1.82, 2.24) is 20.9 Å². The first kappa shape index (κ1) is 25.8. The molecule has 0 aliphatic carbocycles. The number of hydrogen-bond donors (Lipinski definition) is 2. The quantitative estimate of drug-likeness (QED) is 0.232. The summed E-state index contributed by atoms with van der Waals surface area (Å²) >= 11 is 2.50. The molecule has 3 rings (SSSR count). The fraction of sp³-hybridized carbons (Fsp3) is 0.227. The van der Waals surface area contributed by atoms with Gasteiger partial charge in [0.2, 0.25) is 5.91 Å². The van der Waals surface area contributed by atoms with Gasteiger partial charge in [0.05, 0.1) is 35.1 Å². The van der Waals surface area contributed by atoms with Crippen LogP contribution in [0.2, 0.25) is 0 Å². The fourth-order valence-corrected chi connectivity index (χ4v) is 4.78. The Bertz CT molecular complexity index is 1220. The van der Waals surface area contributed by atoms with Crippen LogP contribution in [0.1, 0.15) is 35.5 Å². The van der Waals surface area contributed by atoms with Crippen LogP contribution in [-0.4, -0.2) is 39.9 Å². The number of alkyl carbamates (subject to hydrolysis) is 1. The zero-order valence-corrected chi connectivity index (χ0v) is 20.5. The van der Waals surface area contributed by atoms with Crippen molar-refractivity contribution in [2.24, 2.45) is 5.10 Å². The van der Waals surface area contributed by atoms with E-state index in [1.165, 1.54) is 23.6 Å². The lowest BCUT2D eigenvalue weighted by Crippen LogP contribution is -2.33. The normalized spacial score (nSPS) is 11.7. The lowest BCUT2D eigenvalue weighted by atomic mass is 10.0.